The molecule has 5 nitrogen and oxygen atoms in total. The highest BCUT2D eigenvalue weighted by Gasteiger charge is 2.26. The van der Waals surface area contributed by atoms with Gasteiger partial charge in [0.15, 0.2) is 11.6 Å². The molecule has 1 aromatic carbocycles. The topological polar surface area (TPSA) is 70.9 Å². The molecule has 2 aromatic rings. The SMILES string of the molecule is CCC(C)(O)c1cc(F)c(F)cc1Nc1ncnc(Cl)n1. The minimum atomic E-state index is -1.34. The first-order chi connectivity index (χ1) is 9.83. The van der Waals surface area contributed by atoms with Crippen LogP contribution in [0.15, 0.2) is 18.5 Å². The number of nitrogens with one attached hydrogen (secondary N) is 1. The van der Waals surface area contributed by atoms with Crippen LogP contribution in [0.4, 0.5) is 20.4 Å². The Morgan fingerprint density at radius 3 is 2.57 bits per heavy atom. The van der Waals surface area contributed by atoms with Crippen molar-refractivity contribution in [2.75, 3.05) is 5.32 Å². The lowest BCUT2D eigenvalue weighted by Gasteiger charge is -2.25. The fourth-order valence-corrected chi connectivity index (χ4v) is 1.87. The summed E-state index contributed by atoms with van der Waals surface area (Å²) in [5.41, 5.74) is -0.989. The van der Waals surface area contributed by atoms with Gasteiger partial charge in [-0.15, -0.1) is 0 Å². The van der Waals surface area contributed by atoms with Gasteiger partial charge < -0.3 is 10.4 Å². The number of rotatable bonds is 4. The minimum Gasteiger partial charge on any atom is -0.385 e. The fourth-order valence-electron chi connectivity index (χ4n) is 1.74. The van der Waals surface area contributed by atoms with Crippen LogP contribution in [0.3, 0.4) is 0 Å². The molecule has 2 N–H and O–H groups in total. The van der Waals surface area contributed by atoms with Crippen LogP contribution in [0.25, 0.3) is 0 Å². The van der Waals surface area contributed by atoms with E-state index in [-0.39, 0.29) is 22.5 Å². The average molecular weight is 315 g/mol. The lowest BCUT2D eigenvalue weighted by atomic mass is 9.91. The zero-order chi connectivity index (χ0) is 15.6. The van der Waals surface area contributed by atoms with Gasteiger partial charge in [0.1, 0.15) is 6.33 Å². The van der Waals surface area contributed by atoms with E-state index in [1.807, 2.05) is 0 Å². The molecule has 1 heterocycles. The van der Waals surface area contributed by atoms with Crippen molar-refractivity contribution in [3.05, 3.63) is 40.9 Å². The highest BCUT2D eigenvalue weighted by atomic mass is 35.5. The number of aliphatic hydroxyl groups is 1. The number of anilines is 2. The van der Waals surface area contributed by atoms with E-state index in [1.165, 1.54) is 13.3 Å². The third-order valence-electron chi connectivity index (χ3n) is 3.12. The predicted molar refractivity (Wildman–Crippen MR) is 74.3 cm³/mol. The van der Waals surface area contributed by atoms with Gasteiger partial charge in [-0.25, -0.2) is 18.7 Å². The summed E-state index contributed by atoms with van der Waals surface area (Å²) in [6.45, 7) is 3.23. The molecule has 1 unspecified atom stereocenters. The van der Waals surface area contributed by atoms with Gasteiger partial charge in [-0.3, -0.25) is 0 Å². The van der Waals surface area contributed by atoms with E-state index in [9.17, 15) is 13.9 Å². The highest BCUT2D eigenvalue weighted by molar-refractivity contribution is 6.28. The smallest absolute Gasteiger partial charge is 0.231 e. The second kappa shape index (κ2) is 5.87. The van der Waals surface area contributed by atoms with E-state index in [0.29, 0.717) is 6.42 Å². The lowest BCUT2D eigenvalue weighted by molar-refractivity contribution is 0.0534. The van der Waals surface area contributed by atoms with Crippen molar-refractivity contribution in [2.45, 2.75) is 25.9 Å². The molecule has 8 heteroatoms. The molecule has 1 atom stereocenters. The quantitative estimate of drug-likeness (QED) is 0.907. The number of benzene rings is 1. The summed E-state index contributed by atoms with van der Waals surface area (Å²) >= 11 is 5.64. The molecule has 0 fully saturated rings. The van der Waals surface area contributed by atoms with Gasteiger partial charge in [-0.05, 0) is 31.0 Å². The summed E-state index contributed by atoms with van der Waals surface area (Å²) in [7, 11) is 0. The van der Waals surface area contributed by atoms with Crippen molar-refractivity contribution < 1.29 is 13.9 Å². The second-order valence-electron chi connectivity index (χ2n) is 4.64. The van der Waals surface area contributed by atoms with Gasteiger partial charge in [0.2, 0.25) is 11.2 Å². The Bertz CT molecular complexity index is 667. The zero-order valence-electron chi connectivity index (χ0n) is 11.4. The summed E-state index contributed by atoms with van der Waals surface area (Å²) in [5.74, 6) is -2.03. The maximum atomic E-state index is 13.5. The second-order valence-corrected chi connectivity index (χ2v) is 4.98. The molecular formula is C13H13ClF2N4O. The van der Waals surface area contributed by atoms with E-state index in [4.69, 9.17) is 11.6 Å². The zero-order valence-corrected chi connectivity index (χ0v) is 12.1. The summed E-state index contributed by atoms with van der Waals surface area (Å²) in [6, 6.07) is 1.89. The number of aromatic nitrogens is 3. The minimum absolute atomic E-state index is 0.0427. The van der Waals surface area contributed by atoms with Crippen molar-refractivity contribution in [3.8, 4) is 0 Å². The first kappa shape index (κ1) is 15.5. The van der Waals surface area contributed by atoms with Gasteiger partial charge in [0, 0.05) is 11.6 Å². The largest absolute Gasteiger partial charge is 0.385 e. The van der Waals surface area contributed by atoms with Gasteiger partial charge in [0.25, 0.3) is 0 Å². The van der Waals surface area contributed by atoms with Crippen molar-refractivity contribution >= 4 is 23.2 Å². The van der Waals surface area contributed by atoms with Crippen LogP contribution in [0, 0.1) is 11.6 Å². The molecule has 0 saturated carbocycles. The molecule has 21 heavy (non-hydrogen) atoms. The monoisotopic (exact) mass is 314 g/mol. The standard InChI is InChI=1S/C13H13ClF2N4O/c1-3-13(2,21)7-4-8(15)9(16)5-10(7)19-12-18-6-17-11(14)20-12/h4-6,21H,3H2,1-2H3,(H,17,18,19,20). The molecule has 0 radical (unpaired) electrons. The Balaban J connectivity index is 2.49. The maximum Gasteiger partial charge on any atom is 0.231 e. The van der Waals surface area contributed by atoms with Gasteiger partial charge in [0.05, 0.1) is 11.3 Å². The number of hydrogen-bond donors (Lipinski definition) is 2. The molecule has 1 aromatic heterocycles. The molecule has 0 spiro atoms. The molecule has 0 aliphatic rings. The molecular weight excluding hydrogens is 302 g/mol. The molecule has 0 aliphatic heterocycles. The summed E-state index contributed by atoms with van der Waals surface area (Å²) in [4.78, 5) is 11.2. The Hall–Kier alpha value is -1.86. The highest BCUT2D eigenvalue weighted by Crippen LogP contribution is 2.33. The molecule has 0 amide bonds. The van der Waals surface area contributed by atoms with Crippen LogP contribution in [-0.4, -0.2) is 20.1 Å². The van der Waals surface area contributed by atoms with Crippen LogP contribution in [-0.2, 0) is 5.60 Å². The Labute approximate surface area is 125 Å². The maximum absolute atomic E-state index is 13.5. The number of nitrogens with zero attached hydrogens (tertiary/aromatic N) is 3. The average Bonchev–Trinajstić information content (AvgIpc) is 2.42. The Morgan fingerprint density at radius 2 is 1.95 bits per heavy atom. The van der Waals surface area contributed by atoms with Gasteiger partial charge in [-0.1, -0.05) is 6.92 Å². The molecule has 112 valence electrons. The molecule has 0 bridgehead atoms. The van der Waals surface area contributed by atoms with E-state index < -0.39 is 17.2 Å². The normalized spacial score (nSPS) is 13.8. The van der Waals surface area contributed by atoms with Crippen molar-refractivity contribution in [3.63, 3.8) is 0 Å². The first-order valence-corrected chi connectivity index (χ1v) is 6.54. The van der Waals surface area contributed by atoms with Gasteiger partial charge >= 0.3 is 0 Å². The van der Waals surface area contributed by atoms with Crippen molar-refractivity contribution in [1.82, 2.24) is 15.0 Å². The lowest BCUT2D eigenvalue weighted by Crippen LogP contribution is -2.22. The predicted octanol–water partition coefficient (Wildman–Crippen LogP) is 3.16. The molecule has 0 aliphatic carbocycles. The van der Waals surface area contributed by atoms with Crippen LogP contribution >= 0.6 is 11.6 Å². The Morgan fingerprint density at radius 1 is 1.29 bits per heavy atom. The van der Waals surface area contributed by atoms with Crippen LogP contribution in [0.1, 0.15) is 25.8 Å². The van der Waals surface area contributed by atoms with E-state index in [1.54, 1.807) is 6.92 Å². The summed E-state index contributed by atoms with van der Waals surface area (Å²) in [6.07, 6.45) is 1.49. The van der Waals surface area contributed by atoms with Crippen LogP contribution in [0.5, 0.6) is 0 Å². The van der Waals surface area contributed by atoms with E-state index in [2.05, 4.69) is 20.3 Å². The molecule has 0 saturated heterocycles. The summed E-state index contributed by atoms with van der Waals surface area (Å²) < 4.78 is 26.9. The van der Waals surface area contributed by atoms with Crippen molar-refractivity contribution in [1.29, 1.82) is 0 Å². The van der Waals surface area contributed by atoms with Gasteiger partial charge in [-0.2, -0.15) is 4.98 Å². The van der Waals surface area contributed by atoms with Crippen LogP contribution < -0.4 is 5.32 Å². The summed E-state index contributed by atoms with van der Waals surface area (Å²) in [5, 5.41) is 13.0. The Kier molecular flexibility index (Phi) is 4.34. The first-order valence-electron chi connectivity index (χ1n) is 6.17. The number of halogens is 3. The number of hydrogen-bond acceptors (Lipinski definition) is 5. The van der Waals surface area contributed by atoms with E-state index in [0.717, 1.165) is 12.1 Å². The van der Waals surface area contributed by atoms with Crippen molar-refractivity contribution in [2.24, 2.45) is 0 Å². The third kappa shape index (κ3) is 3.43. The van der Waals surface area contributed by atoms with Crippen LogP contribution in [0.2, 0.25) is 5.28 Å². The third-order valence-corrected chi connectivity index (χ3v) is 3.30. The fraction of sp³-hybridized carbons (Fsp3) is 0.308. The molecule has 2 rings (SSSR count). The van der Waals surface area contributed by atoms with E-state index >= 15 is 0 Å².